The van der Waals surface area contributed by atoms with Gasteiger partial charge in [-0.05, 0) is 31.5 Å². The predicted octanol–water partition coefficient (Wildman–Crippen LogP) is 3.70. The van der Waals surface area contributed by atoms with Crippen molar-refractivity contribution in [3.63, 3.8) is 0 Å². The van der Waals surface area contributed by atoms with Gasteiger partial charge in [0, 0.05) is 22.3 Å². The number of carbonyl (C=O) groups excluding carboxylic acids is 1. The number of para-hydroxylation sites is 2. The molecule has 3 aromatic rings. The maximum Gasteiger partial charge on any atom is 0.294 e. The van der Waals surface area contributed by atoms with E-state index in [1.807, 2.05) is 24.3 Å². The number of halogens is 1. The Morgan fingerprint density at radius 2 is 1.86 bits per heavy atom. The maximum atomic E-state index is 12.7. The minimum atomic E-state index is -0.661. The first-order valence-electron chi connectivity index (χ1n) is 8.69. The van der Waals surface area contributed by atoms with Crippen molar-refractivity contribution in [1.82, 2.24) is 15.1 Å². The molecule has 0 spiro atoms. The molecule has 0 radical (unpaired) electrons. The van der Waals surface area contributed by atoms with Gasteiger partial charge >= 0.3 is 0 Å². The molecule has 0 bridgehead atoms. The molecule has 0 aliphatic heterocycles. The monoisotopic (exact) mass is 456 g/mol. The average Bonchev–Trinajstić information content (AvgIpc) is 2.68. The van der Waals surface area contributed by atoms with Gasteiger partial charge in [0.2, 0.25) is 5.43 Å². The van der Waals surface area contributed by atoms with Crippen molar-refractivity contribution in [2.75, 3.05) is 0 Å². The number of nitrogens with one attached hydrogen (secondary N) is 1. The molecule has 0 fully saturated rings. The number of nitro benzene ring substituents is 1. The third kappa shape index (κ3) is 4.24. The van der Waals surface area contributed by atoms with Crippen LogP contribution in [0.4, 0.5) is 5.69 Å². The smallest absolute Gasteiger partial charge is 0.294 e. The zero-order valence-corrected chi connectivity index (χ0v) is 17.2. The van der Waals surface area contributed by atoms with Crippen molar-refractivity contribution in [2.24, 2.45) is 0 Å². The molecule has 1 unspecified atom stereocenters. The molecule has 1 atom stereocenters. The summed E-state index contributed by atoms with van der Waals surface area (Å²) in [7, 11) is 0. The van der Waals surface area contributed by atoms with E-state index >= 15 is 0 Å². The van der Waals surface area contributed by atoms with Crippen LogP contribution in [-0.4, -0.2) is 20.6 Å². The van der Waals surface area contributed by atoms with Crippen LogP contribution in [0.5, 0.6) is 0 Å². The summed E-state index contributed by atoms with van der Waals surface area (Å²) in [4.78, 5) is 35.9. The summed E-state index contributed by atoms with van der Waals surface area (Å²) < 4.78 is 2.05. The summed E-state index contributed by atoms with van der Waals surface area (Å²) in [6.45, 7) is 3.38. The molecular weight excluding hydrogens is 440 g/mol. The second-order valence-electron chi connectivity index (χ2n) is 6.37. The lowest BCUT2D eigenvalue weighted by molar-refractivity contribution is -0.384. The van der Waals surface area contributed by atoms with Crippen LogP contribution in [0.1, 0.15) is 34.7 Å². The summed E-state index contributed by atoms with van der Waals surface area (Å²) in [5.74, 6) is -0.661. The van der Waals surface area contributed by atoms with Gasteiger partial charge in [-0.3, -0.25) is 19.7 Å². The number of nitro groups is 1. The molecule has 3 rings (SSSR count). The highest BCUT2D eigenvalue weighted by Gasteiger charge is 2.21. The van der Waals surface area contributed by atoms with Gasteiger partial charge < -0.3 is 5.32 Å². The van der Waals surface area contributed by atoms with Crippen molar-refractivity contribution < 1.29 is 9.72 Å². The number of aryl methyl sites for hydroxylation is 1. The normalized spacial score (nSPS) is 11.7. The van der Waals surface area contributed by atoms with Crippen molar-refractivity contribution >= 4 is 27.5 Å². The molecule has 1 N–H and O–H groups in total. The standard InChI is InChI=1S/C20H17BrN4O4/c1-12-11-18(26)19(20(27)22-13(2)14-7-3-4-8-15(14)21)23-24(12)16-9-5-6-10-17(16)25(28)29/h3-11,13H,1-2H3,(H,22,27). The number of nitrogens with zero attached hydrogens (tertiary/aromatic N) is 3. The van der Waals surface area contributed by atoms with Gasteiger partial charge in [0.05, 0.1) is 11.0 Å². The van der Waals surface area contributed by atoms with E-state index in [0.717, 1.165) is 10.0 Å². The quantitative estimate of drug-likeness (QED) is 0.465. The molecule has 9 heteroatoms. The first-order valence-corrected chi connectivity index (χ1v) is 9.49. The van der Waals surface area contributed by atoms with E-state index in [2.05, 4.69) is 26.3 Å². The minimum Gasteiger partial charge on any atom is -0.344 e. The molecule has 0 saturated carbocycles. The molecule has 2 aromatic carbocycles. The first kappa shape index (κ1) is 20.4. The first-order chi connectivity index (χ1) is 13.8. The number of amides is 1. The number of carbonyl (C=O) groups is 1. The van der Waals surface area contributed by atoms with Crippen molar-refractivity contribution in [2.45, 2.75) is 19.9 Å². The van der Waals surface area contributed by atoms with Crippen molar-refractivity contribution in [3.05, 3.63) is 96.4 Å². The number of hydrogen-bond acceptors (Lipinski definition) is 5. The van der Waals surface area contributed by atoms with Crippen LogP contribution in [-0.2, 0) is 0 Å². The van der Waals surface area contributed by atoms with E-state index in [-0.39, 0.29) is 23.1 Å². The van der Waals surface area contributed by atoms with E-state index < -0.39 is 16.3 Å². The highest BCUT2D eigenvalue weighted by Crippen LogP contribution is 2.24. The second kappa shape index (κ2) is 8.36. The lowest BCUT2D eigenvalue weighted by atomic mass is 10.1. The Labute approximate surface area is 174 Å². The maximum absolute atomic E-state index is 12.7. The van der Waals surface area contributed by atoms with Gasteiger partial charge in [-0.2, -0.15) is 5.10 Å². The number of aromatic nitrogens is 2. The average molecular weight is 457 g/mol. The molecule has 1 aromatic heterocycles. The van der Waals surface area contributed by atoms with Crippen LogP contribution in [0.3, 0.4) is 0 Å². The zero-order chi connectivity index (χ0) is 21.1. The Kier molecular flexibility index (Phi) is 5.88. The third-order valence-corrected chi connectivity index (χ3v) is 5.07. The van der Waals surface area contributed by atoms with Crippen LogP contribution in [0.2, 0.25) is 0 Å². The van der Waals surface area contributed by atoms with Gasteiger partial charge in [0.1, 0.15) is 5.69 Å². The molecule has 8 nitrogen and oxygen atoms in total. The predicted molar refractivity (Wildman–Crippen MR) is 111 cm³/mol. The summed E-state index contributed by atoms with van der Waals surface area (Å²) in [5.41, 5.74) is 0.302. The van der Waals surface area contributed by atoms with E-state index in [0.29, 0.717) is 5.69 Å². The van der Waals surface area contributed by atoms with Gasteiger partial charge in [0.25, 0.3) is 11.6 Å². The molecule has 29 heavy (non-hydrogen) atoms. The Bertz CT molecular complexity index is 1160. The van der Waals surface area contributed by atoms with Gasteiger partial charge in [-0.1, -0.05) is 46.3 Å². The minimum absolute atomic E-state index is 0.169. The van der Waals surface area contributed by atoms with E-state index in [1.165, 1.54) is 28.9 Å². The van der Waals surface area contributed by atoms with Crippen molar-refractivity contribution in [3.8, 4) is 5.69 Å². The fourth-order valence-electron chi connectivity index (χ4n) is 2.92. The molecule has 0 aliphatic rings. The fourth-order valence-corrected chi connectivity index (χ4v) is 3.54. The molecule has 0 saturated heterocycles. The molecular formula is C20H17BrN4O4. The topological polar surface area (TPSA) is 107 Å². The number of benzene rings is 2. The van der Waals surface area contributed by atoms with Crippen LogP contribution < -0.4 is 10.7 Å². The lowest BCUT2D eigenvalue weighted by Crippen LogP contribution is -2.33. The third-order valence-electron chi connectivity index (χ3n) is 4.35. The molecule has 1 amide bonds. The van der Waals surface area contributed by atoms with Crippen LogP contribution in [0, 0.1) is 17.0 Å². The summed E-state index contributed by atoms with van der Waals surface area (Å²) >= 11 is 3.43. The van der Waals surface area contributed by atoms with Crippen LogP contribution in [0.25, 0.3) is 5.69 Å². The SMILES string of the molecule is Cc1cc(=O)c(C(=O)NC(C)c2ccccc2Br)nn1-c1ccccc1[N+](=O)[O-]. The summed E-state index contributed by atoms with van der Waals surface area (Å²) in [6, 6.07) is 14.2. The fraction of sp³-hybridized carbons (Fsp3) is 0.150. The number of hydrogen-bond donors (Lipinski definition) is 1. The van der Waals surface area contributed by atoms with Crippen LogP contribution in [0.15, 0.2) is 63.9 Å². The summed E-state index contributed by atoms with van der Waals surface area (Å²) in [5, 5.41) is 18.2. The molecule has 1 heterocycles. The number of rotatable bonds is 5. The Balaban J connectivity index is 2.00. The largest absolute Gasteiger partial charge is 0.344 e. The van der Waals surface area contributed by atoms with Gasteiger partial charge in [0.15, 0.2) is 5.69 Å². The Morgan fingerprint density at radius 1 is 1.21 bits per heavy atom. The van der Waals surface area contributed by atoms with Gasteiger partial charge in [-0.25, -0.2) is 4.68 Å². The Morgan fingerprint density at radius 3 is 2.55 bits per heavy atom. The Hall–Kier alpha value is -3.33. The van der Waals surface area contributed by atoms with Gasteiger partial charge in [-0.15, -0.1) is 0 Å². The molecule has 148 valence electrons. The molecule has 0 aliphatic carbocycles. The zero-order valence-electron chi connectivity index (χ0n) is 15.6. The van der Waals surface area contributed by atoms with E-state index in [4.69, 9.17) is 0 Å². The van der Waals surface area contributed by atoms with E-state index in [1.54, 1.807) is 19.9 Å². The van der Waals surface area contributed by atoms with E-state index in [9.17, 15) is 19.7 Å². The highest BCUT2D eigenvalue weighted by molar-refractivity contribution is 9.10. The summed E-state index contributed by atoms with van der Waals surface area (Å²) in [6.07, 6.45) is 0. The highest BCUT2D eigenvalue weighted by atomic mass is 79.9. The van der Waals surface area contributed by atoms with Crippen molar-refractivity contribution in [1.29, 1.82) is 0 Å². The lowest BCUT2D eigenvalue weighted by Gasteiger charge is -2.16. The second-order valence-corrected chi connectivity index (χ2v) is 7.23. The van der Waals surface area contributed by atoms with Crippen LogP contribution >= 0.6 is 15.9 Å².